The summed E-state index contributed by atoms with van der Waals surface area (Å²) < 4.78 is 0. The molecular weight excluding hydrogens is 342 g/mol. The van der Waals surface area contributed by atoms with E-state index in [-0.39, 0.29) is 13.0 Å². The summed E-state index contributed by atoms with van der Waals surface area (Å²) >= 11 is 0. The SMILES string of the molecule is Cc1ccc2c(c1)C[C@]1(CN2C)C(=O)NC(=O)N(c2ccccc2C)C1=O. The number of carbonyl (C=O) groups is 3. The van der Waals surface area contributed by atoms with Crippen molar-refractivity contribution in [1.82, 2.24) is 5.32 Å². The lowest BCUT2D eigenvalue weighted by molar-refractivity contribution is -0.142. The summed E-state index contributed by atoms with van der Waals surface area (Å²) in [5.41, 5.74) is 2.98. The molecule has 4 amide bonds. The summed E-state index contributed by atoms with van der Waals surface area (Å²) in [5, 5.41) is 2.41. The van der Waals surface area contributed by atoms with E-state index in [0.29, 0.717) is 5.69 Å². The molecule has 6 nitrogen and oxygen atoms in total. The van der Waals surface area contributed by atoms with Crippen LogP contribution in [-0.4, -0.2) is 31.4 Å². The van der Waals surface area contributed by atoms with Crippen LogP contribution in [0.4, 0.5) is 16.2 Å². The zero-order valence-corrected chi connectivity index (χ0v) is 15.6. The quantitative estimate of drug-likeness (QED) is 0.791. The van der Waals surface area contributed by atoms with Crippen molar-refractivity contribution in [2.24, 2.45) is 5.41 Å². The van der Waals surface area contributed by atoms with Crippen LogP contribution in [0.2, 0.25) is 0 Å². The summed E-state index contributed by atoms with van der Waals surface area (Å²) in [5.74, 6) is -0.995. The maximum atomic E-state index is 13.5. The summed E-state index contributed by atoms with van der Waals surface area (Å²) in [4.78, 5) is 42.0. The fourth-order valence-corrected chi connectivity index (χ4v) is 4.10. The number of nitrogens with one attached hydrogen (secondary N) is 1. The highest BCUT2D eigenvalue weighted by atomic mass is 16.2. The van der Waals surface area contributed by atoms with Gasteiger partial charge in [0, 0.05) is 19.3 Å². The molecule has 1 saturated heterocycles. The number of hydrogen-bond acceptors (Lipinski definition) is 4. The molecule has 4 rings (SSSR count). The third-order valence-corrected chi connectivity index (χ3v) is 5.47. The van der Waals surface area contributed by atoms with Crippen LogP contribution in [0.1, 0.15) is 16.7 Å². The third-order valence-electron chi connectivity index (χ3n) is 5.47. The molecule has 0 radical (unpaired) electrons. The largest absolute Gasteiger partial charge is 0.373 e. The summed E-state index contributed by atoms with van der Waals surface area (Å²) in [6.45, 7) is 4.04. The van der Waals surface area contributed by atoms with E-state index >= 15 is 0 Å². The van der Waals surface area contributed by atoms with Gasteiger partial charge in [-0.25, -0.2) is 9.69 Å². The molecule has 2 aliphatic heterocycles. The molecule has 1 N–H and O–H groups in total. The van der Waals surface area contributed by atoms with E-state index < -0.39 is 23.3 Å². The smallest absolute Gasteiger partial charge is 0.335 e. The zero-order chi connectivity index (χ0) is 19.3. The van der Waals surface area contributed by atoms with Crippen molar-refractivity contribution in [3.8, 4) is 0 Å². The first-order valence-corrected chi connectivity index (χ1v) is 8.90. The molecule has 2 aromatic carbocycles. The predicted molar refractivity (Wildman–Crippen MR) is 103 cm³/mol. The first kappa shape index (κ1) is 17.3. The minimum Gasteiger partial charge on any atom is -0.373 e. The number of para-hydroxylation sites is 1. The monoisotopic (exact) mass is 363 g/mol. The second-order valence-electron chi connectivity index (χ2n) is 7.43. The fraction of sp³-hybridized carbons (Fsp3) is 0.286. The molecule has 0 aliphatic carbocycles. The molecule has 1 fully saturated rings. The Morgan fingerprint density at radius 2 is 1.74 bits per heavy atom. The number of barbiturate groups is 1. The number of nitrogens with zero attached hydrogens (tertiary/aromatic N) is 2. The van der Waals surface area contributed by atoms with Gasteiger partial charge in [0.2, 0.25) is 5.91 Å². The lowest BCUT2D eigenvalue weighted by Gasteiger charge is -2.45. The summed E-state index contributed by atoms with van der Waals surface area (Å²) in [6.07, 6.45) is 0.273. The van der Waals surface area contributed by atoms with E-state index in [9.17, 15) is 14.4 Å². The predicted octanol–water partition coefficient (Wildman–Crippen LogP) is 2.57. The van der Waals surface area contributed by atoms with Crippen LogP contribution in [0.15, 0.2) is 42.5 Å². The van der Waals surface area contributed by atoms with E-state index in [1.165, 1.54) is 0 Å². The Kier molecular flexibility index (Phi) is 3.80. The van der Waals surface area contributed by atoms with Gasteiger partial charge in [-0.3, -0.25) is 14.9 Å². The van der Waals surface area contributed by atoms with Gasteiger partial charge in [0.25, 0.3) is 5.91 Å². The van der Waals surface area contributed by atoms with E-state index in [0.717, 1.165) is 27.3 Å². The topological polar surface area (TPSA) is 69.7 Å². The van der Waals surface area contributed by atoms with Crippen LogP contribution in [-0.2, 0) is 16.0 Å². The van der Waals surface area contributed by atoms with Crippen molar-refractivity contribution in [3.63, 3.8) is 0 Å². The average molecular weight is 363 g/mol. The molecule has 1 spiro atoms. The highest BCUT2D eigenvalue weighted by Gasteiger charge is 2.56. The Bertz CT molecular complexity index is 984. The maximum Gasteiger partial charge on any atom is 0.335 e. The van der Waals surface area contributed by atoms with Gasteiger partial charge in [0.15, 0.2) is 5.41 Å². The molecule has 138 valence electrons. The number of urea groups is 1. The Morgan fingerprint density at radius 1 is 1.00 bits per heavy atom. The third kappa shape index (κ3) is 2.51. The van der Waals surface area contributed by atoms with Crippen LogP contribution in [0.25, 0.3) is 0 Å². The Morgan fingerprint density at radius 3 is 2.48 bits per heavy atom. The minimum atomic E-state index is -1.33. The molecule has 2 heterocycles. The van der Waals surface area contributed by atoms with Gasteiger partial charge in [-0.15, -0.1) is 0 Å². The number of rotatable bonds is 1. The van der Waals surface area contributed by atoms with Gasteiger partial charge in [0.1, 0.15) is 0 Å². The summed E-state index contributed by atoms with van der Waals surface area (Å²) in [6, 6.07) is 12.5. The van der Waals surface area contributed by atoms with Crippen LogP contribution in [0.3, 0.4) is 0 Å². The van der Waals surface area contributed by atoms with Crippen LogP contribution >= 0.6 is 0 Å². The molecule has 1 atom stereocenters. The Balaban J connectivity index is 1.83. The van der Waals surface area contributed by atoms with Crippen molar-refractivity contribution in [1.29, 1.82) is 0 Å². The fourth-order valence-electron chi connectivity index (χ4n) is 4.10. The van der Waals surface area contributed by atoms with E-state index in [1.807, 2.05) is 56.1 Å². The summed E-state index contributed by atoms with van der Waals surface area (Å²) in [7, 11) is 1.87. The molecule has 6 heteroatoms. The van der Waals surface area contributed by atoms with Gasteiger partial charge in [0.05, 0.1) is 5.69 Å². The second kappa shape index (κ2) is 5.94. The molecule has 2 aliphatic rings. The van der Waals surface area contributed by atoms with Gasteiger partial charge in [-0.1, -0.05) is 35.9 Å². The molecule has 27 heavy (non-hydrogen) atoms. The molecule has 0 bridgehead atoms. The highest BCUT2D eigenvalue weighted by molar-refractivity contribution is 6.30. The van der Waals surface area contributed by atoms with Gasteiger partial charge in [-0.2, -0.15) is 0 Å². The minimum absolute atomic E-state index is 0.226. The second-order valence-corrected chi connectivity index (χ2v) is 7.43. The zero-order valence-electron chi connectivity index (χ0n) is 15.6. The number of imide groups is 2. The molecule has 2 aromatic rings. The van der Waals surface area contributed by atoms with E-state index in [4.69, 9.17) is 0 Å². The van der Waals surface area contributed by atoms with Crippen LogP contribution in [0.5, 0.6) is 0 Å². The number of hydrogen-bond donors (Lipinski definition) is 1. The first-order valence-electron chi connectivity index (χ1n) is 8.90. The number of benzene rings is 2. The number of aryl methyl sites for hydroxylation is 2. The van der Waals surface area contributed by atoms with Crippen molar-refractivity contribution in [3.05, 3.63) is 59.2 Å². The lowest BCUT2D eigenvalue weighted by atomic mass is 9.74. The van der Waals surface area contributed by atoms with Crippen LogP contribution < -0.4 is 15.1 Å². The lowest BCUT2D eigenvalue weighted by Crippen LogP contribution is -2.68. The number of anilines is 2. The van der Waals surface area contributed by atoms with E-state index in [2.05, 4.69) is 5.32 Å². The Labute approximate surface area is 157 Å². The van der Waals surface area contributed by atoms with Crippen molar-refractivity contribution >= 4 is 29.2 Å². The molecular formula is C21H21N3O3. The molecule has 0 saturated carbocycles. The molecule has 0 aromatic heterocycles. The van der Waals surface area contributed by atoms with Crippen molar-refractivity contribution in [2.45, 2.75) is 20.3 Å². The highest BCUT2D eigenvalue weighted by Crippen LogP contribution is 2.40. The van der Waals surface area contributed by atoms with Gasteiger partial charge < -0.3 is 4.90 Å². The number of fused-ring (bicyclic) bond motifs is 1. The van der Waals surface area contributed by atoms with Crippen molar-refractivity contribution in [2.75, 3.05) is 23.4 Å². The van der Waals surface area contributed by atoms with Gasteiger partial charge >= 0.3 is 6.03 Å². The average Bonchev–Trinajstić information content (AvgIpc) is 2.61. The van der Waals surface area contributed by atoms with Crippen LogP contribution in [0, 0.1) is 19.3 Å². The number of carbonyl (C=O) groups excluding carboxylic acids is 3. The van der Waals surface area contributed by atoms with E-state index in [1.54, 1.807) is 12.1 Å². The van der Waals surface area contributed by atoms with Crippen molar-refractivity contribution < 1.29 is 14.4 Å². The normalized spacial score (nSPS) is 22.1. The Hall–Kier alpha value is -3.15. The molecule has 0 unspecified atom stereocenters. The maximum absolute atomic E-state index is 13.5. The van der Waals surface area contributed by atoms with Gasteiger partial charge in [-0.05, 0) is 43.5 Å². The first-order chi connectivity index (χ1) is 12.8. The number of amides is 4. The standard InChI is InChI=1S/C21H21N3O3/c1-13-8-9-17-15(10-13)11-21(12-23(17)3)18(25)22-20(27)24(19(21)26)16-7-5-4-6-14(16)2/h4-10H,11-12H2,1-3H3,(H,22,25,27)/t21-/m0/s1.